The molecule has 134 valence electrons. The van der Waals surface area contributed by atoms with E-state index in [1.54, 1.807) is 37.8 Å². The molecule has 0 spiro atoms. The number of allylic oxidation sites excluding steroid dienone is 2. The lowest BCUT2D eigenvalue weighted by atomic mass is 9.94. The summed E-state index contributed by atoms with van der Waals surface area (Å²) in [5.41, 5.74) is 7.94. The largest absolute Gasteiger partial charge is 0.459 e. The maximum Gasteiger partial charge on any atom is 0.338 e. The minimum atomic E-state index is -0.538. The van der Waals surface area contributed by atoms with E-state index >= 15 is 0 Å². The fraction of sp³-hybridized carbons (Fsp3) is 0.278. The summed E-state index contributed by atoms with van der Waals surface area (Å²) < 4.78 is 5.42. The summed E-state index contributed by atoms with van der Waals surface area (Å²) in [6.07, 6.45) is -0.269. The number of halogens is 1. The standard InChI is InChI=1S/C18H17ClN4O2S/c1-9(2)25-17(24)14-10(3)22-18-23(16(21)13(8-20)26-18)15(14)11-4-6-12(19)7-5-11/h4-7,9,15H,21H2,1-3H3. The second-order valence-corrected chi connectivity index (χ2v) is 7.51. The lowest BCUT2D eigenvalue weighted by Gasteiger charge is -2.35. The van der Waals surface area contributed by atoms with E-state index in [2.05, 4.69) is 11.1 Å². The van der Waals surface area contributed by atoms with Gasteiger partial charge >= 0.3 is 5.97 Å². The SMILES string of the molecule is CC1=C(C(=O)OC(C)C)C(c2ccc(Cl)cc2)N2C(=N1)SC(C#N)=C2N. The predicted octanol–water partition coefficient (Wildman–Crippen LogP) is 3.68. The first-order chi connectivity index (χ1) is 12.3. The molecule has 2 aliphatic rings. The highest BCUT2D eigenvalue weighted by Crippen LogP contribution is 2.45. The third-order valence-electron chi connectivity index (χ3n) is 3.93. The van der Waals surface area contributed by atoms with Gasteiger partial charge in [0.2, 0.25) is 0 Å². The lowest BCUT2D eigenvalue weighted by Crippen LogP contribution is -2.39. The van der Waals surface area contributed by atoms with Gasteiger partial charge in [-0.2, -0.15) is 5.26 Å². The van der Waals surface area contributed by atoms with Crippen LogP contribution in [0, 0.1) is 11.3 Å². The van der Waals surface area contributed by atoms with Crippen LogP contribution in [0.15, 0.2) is 51.3 Å². The number of hydrogen-bond donors (Lipinski definition) is 1. The van der Waals surface area contributed by atoms with E-state index < -0.39 is 12.0 Å². The molecule has 0 fully saturated rings. The van der Waals surface area contributed by atoms with E-state index in [4.69, 9.17) is 22.1 Å². The molecule has 0 aliphatic carbocycles. The Morgan fingerprint density at radius 2 is 2.08 bits per heavy atom. The number of thioether (sulfide) groups is 1. The van der Waals surface area contributed by atoms with Gasteiger partial charge in [0, 0.05) is 5.02 Å². The fourth-order valence-corrected chi connectivity index (χ4v) is 3.88. The summed E-state index contributed by atoms with van der Waals surface area (Å²) in [5, 5.41) is 10.5. The first kappa shape index (κ1) is 18.4. The van der Waals surface area contributed by atoms with Crippen molar-refractivity contribution in [1.29, 1.82) is 5.26 Å². The Balaban J connectivity index is 2.16. The van der Waals surface area contributed by atoms with Crippen molar-refractivity contribution in [1.82, 2.24) is 4.90 Å². The zero-order chi connectivity index (χ0) is 19.0. The van der Waals surface area contributed by atoms with Crippen molar-refractivity contribution in [3.63, 3.8) is 0 Å². The maximum atomic E-state index is 12.8. The van der Waals surface area contributed by atoms with Crippen molar-refractivity contribution in [2.45, 2.75) is 32.9 Å². The topological polar surface area (TPSA) is 91.7 Å². The zero-order valence-corrected chi connectivity index (χ0v) is 16.1. The minimum Gasteiger partial charge on any atom is -0.459 e. The van der Waals surface area contributed by atoms with Crippen LogP contribution in [0.3, 0.4) is 0 Å². The van der Waals surface area contributed by atoms with E-state index in [1.807, 2.05) is 12.1 Å². The van der Waals surface area contributed by atoms with E-state index in [9.17, 15) is 10.1 Å². The Kier molecular flexibility index (Phi) is 4.99. The molecule has 0 saturated carbocycles. The molecule has 1 aromatic rings. The Morgan fingerprint density at radius 3 is 2.65 bits per heavy atom. The summed E-state index contributed by atoms with van der Waals surface area (Å²) in [6, 6.07) is 8.69. The van der Waals surface area contributed by atoms with Crippen LogP contribution < -0.4 is 5.73 Å². The quantitative estimate of drug-likeness (QED) is 0.794. The lowest BCUT2D eigenvalue weighted by molar-refractivity contribution is -0.143. The van der Waals surface area contributed by atoms with Crippen LogP contribution in [0.25, 0.3) is 0 Å². The highest BCUT2D eigenvalue weighted by molar-refractivity contribution is 8.17. The minimum absolute atomic E-state index is 0.269. The number of aliphatic imine (C=N–C) groups is 1. The highest BCUT2D eigenvalue weighted by atomic mass is 35.5. The number of benzene rings is 1. The van der Waals surface area contributed by atoms with Crippen molar-refractivity contribution >= 4 is 34.5 Å². The van der Waals surface area contributed by atoms with Crippen molar-refractivity contribution in [3.8, 4) is 6.07 Å². The number of nitriles is 1. The molecule has 8 heteroatoms. The van der Waals surface area contributed by atoms with Gasteiger partial charge in [0.15, 0.2) is 5.17 Å². The number of nitrogens with two attached hydrogens (primary N) is 1. The third kappa shape index (κ3) is 3.18. The molecule has 1 unspecified atom stereocenters. The summed E-state index contributed by atoms with van der Waals surface area (Å²) in [5.74, 6) is -0.179. The average Bonchev–Trinajstić information content (AvgIpc) is 2.89. The van der Waals surface area contributed by atoms with Crippen molar-refractivity contribution in [3.05, 3.63) is 56.8 Å². The molecule has 2 heterocycles. The van der Waals surface area contributed by atoms with Crippen LogP contribution in [0.5, 0.6) is 0 Å². The highest BCUT2D eigenvalue weighted by Gasteiger charge is 2.42. The summed E-state index contributed by atoms with van der Waals surface area (Å²) >= 11 is 7.20. The number of carbonyl (C=O) groups is 1. The number of rotatable bonds is 3. The van der Waals surface area contributed by atoms with Crippen molar-refractivity contribution < 1.29 is 9.53 Å². The predicted molar refractivity (Wildman–Crippen MR) is 102 cm³/mol. The number of esters is 1. The van der Waals surface area contributed by atoms with Gasteiger partial charge in [-0.25, -0.2) is 9.79 Å². The van der Waals surface area contributed by atoms with E-state index in [0.717, 1.165) is 5.56 Å². The second kappa shape index (κ2) is 7.06. The zero-order valence-electron chi connectivity index (χ0n) is 14.5. The molecule has 0 amide bonds. The Labute approximate surface area is 161 Å². The molecule has 0 radical (unpaired) electrons. The smallest absolute Gasteiger partial charge is 0.338 e. The molecule has 2 aliphatic heterocycles. The molecular formula is C18H17ClN4O2S. The van der Waals surface area contributed by atoms with Crippen LogP contribution in [-0.2, 0) is 9.53 Å². The fourth-order valence-electron chi connectivity index (χ4n) is 2.84. The Bertz CT molecular complexity index is 897. The van der Waals surface area contributed by atoms with E-state index in [1.165, 1.54) is 11.8 Å². The molecule has 3 rings (SSSR count). The van der Waals surface area contributed by atoms with Gasteiger partial charge in [-0.1, -0.05) is 23.7 Å². The molecule has 2 N–H and O–H groups in total. The monoisotopic (exact) mass is 388 g/mol. The van der Waals surface area contributed by atoms with Crippen LogP contribution in [0.2, 0.25) is 5.02 Å². The Hall–Kier alpha value is -2.43. The normalized spacial score (nSPS) is 19.5. The first-order valence-corrected chi connectivity index (χ1v) is 9.15. The van der Waals surface area contributed by atoms with Crippen LogP contribution in [0.4, 0.5) is 0 Å². The number of nitrogens with zero attached hydrogens (tertiary/aromatic N) is 3. The van der Waals surface area contributed by atoms with E-state index in [0.29, 0.717) is 26.4 Å². The second-order valence-electron chi connectivity index (χ2n) is 6.10. The molecule has 1 atom stereocenters. The number of fused-ring (bicyclic) bond motifs is 1. The van der Waals surface area contributed by atoms with Crippen LogP contribution in [0.1, 0.15) is 32.4 Å². The van der Waals surface area contributed by atoms with Crippen LogP contribution >= 0.6 is 23.4 Å². The van der Waals surface area contributed by atoms with Crippen molar-refractivity contribution in [2.75, 3.05) is 0 Å². The molecule has 26 heavy (non-hydrogen) atoms. The van der Waals surface area contributed by atoms with Gasteiger partial charge in [0.25, 0.3) is 0 Å². The number of carbonyl (C=O) groups excluding carboxylic acids is 1. The molecule has 6 nitrogen and oxygen atoms in total. The number of amidine groups is 1. The van der Waals surface area contributed by atoms with Gasteiger partial charge < -0.3 is 10.5 Å². The van der Waals surface area contributed by atoms with Gasteiger partial charge in [0.05, 0.1) is 23.4 Å². The van der Waals surface area contributed by atoms with Gasteiger partial charge in [-0.05, 0) is 50.2 Å². The van der Waals surface area contributed by atoms with Gasteiger partial charge in [0.1, 0.15) is 16.8 Å². The van der Waals surface area contributed by atoms with E-state index in [-0.39, 0.29) is 11.9 Å². The van der Waals surface area contributed by atoms with Gasteiger partial charge in [-0.15, -0.1) is 0 Å². The molecule has 0 saturated heterocycles. The summed E-state index contributed by atoms with van der Waals surface area (Å²) in [7, 11) is 0. The summed E-state index contributed by atoms with van der Waals surface area (Å²) in [6.45, 7) is 5.33. The summed E-state index contributed by atoms with van der Waals surface area (Å²) in [4.78, 5) is 19.3. The Morgan fingerprint density at radius 1 is 1.42 bits per heavy atom. The number of ether oxygens (including phenoxy) is 1. The molecule has 1 aromatic carbocycles. The first-order valence-electron chi connectivity index (χ1n) is 7.96. The van der Waals surface area contributed by atoms with Gasteiger partial charge in [-0.3, -0.25) is 4.90 Å². The molecule has 0 aromatic heterocycles. The third-order valence-corrected chi connectivity index (χ3v) is 5.15. The molecular weight excluding hydrogens is 372 g/mol. The average molecular weight is 389 g/mol. The molecule has 0 bridgehead atoms. The number of hydrogen-bond acceptors (Lipinski definition) is 7. The van der Waals surface area contributed by atoms with Crippen molar-refractivity contribution in [2.24, 2.45) is 10.7 Å². The van der Waals surface area contributed by atoms with Crippen LogP contribution in [-0.4, -0.2) is 22.1 Å². The maximum absolute atomic E-state index is 12.8.